The highest BCUT2D eigenvalue weighted by Crippen LogP contribution is 2.38. The molecule has 2 aromatic carbocycles. The third kappa shape index (κ3) is 7.68. The molecule has 4 rings (SSSR count). The van der Waals surface area contributed by atoms with E-state index in [9.17, 15) is 29.4 Å². The van der Waals surface area contributed by atoms with Crippen LogP contribution in [-0.2, 0) is 22.4 Å². The van der Waals surface area contributed by atoms with Gasteiger partial charge in [-0.25, -0.2) is 9.59 Å². The SMILES string of the molecule is CN1C(=O)C(N(C(=O)O)C(C)(C)C)CCc2cc(Br)ccc21.[2H]N(C(=O)O)C1C(=O)N(C)c2ccccc2CC1C(C)(C)C. The molecule has 2 aliphatic rings. The zero-order chi connectivity index (χ0) is 33.3. The van der Waals surface area contributed by atoms with Crippen molar-refractivity contribution in [3.63, 3.8) is 0 Å². The molecule has 0 bridgehead atoms. The summed E-state index contributed by atoms with van der Waals surface area (Å²) >= 11 is 3.44. The lowest BCUT2D eigenvalue weighted by Gasteiger charge is -2.39. The molecule has 3 N–H and O–H groups in total. The number of likely N-dealkylation sites (N-methyl/N-ethyl adjacent to an activating group) is 2. The van der Waals surface area contributed by atoms with Gasteiger partial charge in [-0.05, 0) is 86.8 Å². The van der Waals surface area contributed by atoms with Gasteiger partial charge in [-0.1, -0.05) is 54.9 Å². The van der Waals surface area contributed by atoms with Gasteiger partial charge >= 0.3 is 12.2 Å². The number of rotatable bonds is 2. The molecule has 10 nitrogen and oxygen atoms in total. The topological polar surface area (TPSA) is 130 Å². The lowest BCUT2D eigenvalue weighted by atomic mass is 9.73. The summed E-state index contributed by atoms with van der Waals surface area (Å²) in [5.41, 5.74) is 2.72. The molecule has 0 aromatic heterocycles. The van der Waals surface area contributed by atoms with E-state index in [-0.39, 0.29) is 23.1 Å². The van der Waals surface area contributed by atoms with Gasteiger partial charge in [-0.3, -0.25) is 14.5 Å². The van der Waals surface area contributed by atoms with Crippen molar-refractivity contribution in [2.45, 2.75) is 78.4 Å². The maximum Gasteiger partial charge on any atom is 0.408 e. The summed E-state index contributed by atoms with van der Waals surface area (Å²) in [7, 11) is 3.34. The van der Waals surface area contributed by atoms with E-state index in [4.69, 9.17) is 1.41 Å². The number of amides is 4. The van der Waals surface area contributed by atoms with Crippen LogP contribution in [0, 0.1) is 11.3 Å². The highest BCUT2D eigenvalue weighted by atomic mass is 79.9. The Balaban J connectivity index is 0.000000240. The van der Waals surface area contributed by atoms with Gasteiger partial charge in [-0.15, -0.1) is 0 Å². The molecule has 0 fully saturated rings. The van der Waals surface area contributed by atoms with Gasteiger partial charge in [0.1, 0.15) is 12.1 Å². The van der Waals surface area contributed by atoms with Crippen LogP contribution in [0.25, 0.3) is 0 Å². The van der Waals surface area contributed by atoms with Gasteiger partial charge in [-0.2, -0.15) is 0 Å². The Morgan fingerprint density at radius 3 is 2.09 bits per heavy atom. The van der Waals surface area contributed by atoms with Crippen LogP contribution in [-0.4, -0.2) is 70.8 Å². The molecule has 0 saturated carbocycles. The van der Waals surface area contributed by atoms with Crippen LogP contribution in [0.1, 0.15) is 59.1 Å². The fourth-order valence-electron chi connectivity index (χ4n) is 5.86. The highest BCUT2D eigenvalue weighted by molar-refractivity contribution is 9.10. The van der Waals surface area contributed by atoms with E-state index >= 15 is 0 Å². The van der Waals surface area contributed by atoms with Gasteiger partial charge in [0.25, 0.3) is 0 Å². The third-order valence-corrected chi connectivity index (χ3v) is 8.56. The van der Waals surface area contributed by atoms with Crippen molar-refractivity contribution in [1.82, 2.24) is 10.2 Å². The summed E-state index contributed by atoms with van der Waals surface area (Å²) in [5.74, 6) is -0.819. The number of benzene rings is 2. The summed E-state index contributed by atoms with van der Waals surface area (Å²) in [5, 5.41) is 19.2. The number of nitrogens with zero attached hydrogens (tertiary/aromatic N) is 3. The first-order chi connectivity index (χ1) is 20.3. The Kier molecular flexibility index (Phi) is 9.73. The number of carbonyl (C=O) groups excluding carboxylic acids is 2. The van der Waals surface area contributed by atoms with E-state index < -0.39 is 29.8 Å². The lowest BCUT2D eigenvalue weighted by Crippen LogP contribution is -2.56. The molecule has 2 heterocycles. The number of aryl methyl sites for hydroxylation is 1. The van der Waals surface area contributed by atoms with Crippen molar-refractivity contribution in [2.75, 3.05) is 23.9 Å². The second kappa shape index (κ2) is 13.0. The molecular weight excluding hydrogens is 616 g/mol. The minimum absolute atomic E-state index is 0.182. The van der Waals surface area contributed by atoms with Crippen LogP contribution < -0.4 is 15.1 Å². The Bertz CT molecular complexity index is 1420. The Hall–Kier alpha value is -3.60. The molecular formula is C32H43BrN4O6. The number of fused-ring (bicyclic) bond motifs is 2. The average molecular weight is 661 g/mol. The predicted octanol–water partition coefficient (Wildman–Crippen LogP) is 6.01. The van der Waals surface area contributed by atoms with Crippen LogP contribution in [0.15, 0.2) is 46.9 Å². The molecule has 0 radical (unpaired) electrons. The second-order valence-electron chi connectivity index (χ2n) is 13.1. The third-order valence-electron chi connectivity index (χ3n) is 8.07. The number of carbonyl (C=O) groups is 4. The molecule has 3 unspecified atom stereocenters. The number of hydrogen-bond donors (Lipinski definition) is 3. The van der Waals surface area contributed by atoms with E-state index in [1.54, 1.807) is 19.0 Å². The van der Waals surface area contributed by atoms with E-state index in [1.165, 1.54) is 9.80 Å². The summed E-state index contributed by atoms with van der Waals surface area (Å²) in [6.45, 7) is 11.3. The number of anilines is 2. The maximum absolute atomic E-state index is 12.8. The van der Waals surface area contributed by atoms with Crippen LogP contribution in [0.3, 0.4) is 0 Å². The molecule has 2 aromatic rings. The van der Waals surface area contributed by atoms with E-state index in [2.05, 4.69) is 15.9 Å². The van der Waals surface area contributed by atoms with Gasteiger partial charge < -0.3 is 25.3 Å². The molecule has 3 atom stereocenters. The number of hydrogen-bond acceptors (Lipinski definition) is 4. The normalized spacial score (nSPS) is 20.9. The predicted molar refractivity (Wildman–Crippen MR) is 171 cm³/mol. The Morgan fingerprint density at radius 2 is 1.53 bits per heavy atom. The van der Waals surface area contributed by atoms with E-state index in [1.807, 2.05) is 84.0 Å². The van der Waals surface area contributed by atoms with E-state index in [0.29, 0.717) is 24.6 Å². The number of nitrogens with one attached hydrogen (secondary N) is 1. The standard InChI is InChI=1S/C16H21BrN2O3.C16H22N2O3/c1-16(2,3)19(15(21)22)13-7-5-10-9-11(17)6-8-12(10)18(4)14(13)20;1-16(2,3)11-9-10-7-5-6-8-12(10)18(4)14(19)13(11)17-15(20)21/h6,8-9,13H,5,7H2,1-4H3,(H,21,22);5-8,11,13,17H,9H2,1-4H3,(H,20,21)/i/hD. The molecule has 4 amide bonds. The molecule has 0 spiro atoms. The zero-order valence-electron chi connectivity index (χ0n) is 27.1. The first kappa shape index (κ1) is 32.3. The molecule has 0 aliphatic carbocycles. The first-order valence-corrected chi connectivity index (χ1v) is 15.0. The van der Waals surface area contributed by atoms with Crippen LogP contribution in [0.5, 0.6) is 0 Å². The van der Waals surface area contributed by atoms with Gasteiger partial charge in [0.2, 0.25) is 11.8 Å². The van der Waals surface area contributed by atoms with Crippen LogP contribution in [0.4, 0.5) is 21.0 Å². The maximum atomic E-state index is 12.8. The van der Waals surface area contributed by atoms with Crippen molar-refractivity contribution in [1.29, 1.82) is 0 Å². The average Bonchev–Trinajstić information content (AvgIpc) is 3.10. The molecule has 0 saturated heterocycles. The van der Waals surface area contributed by atoms with E-state index in [0.717, 1.165) is 27.0 Å². The number of halogens is 1. The molecule has 43 heavy (non-hydrogen) atoms. The summed E-state index contributed by atoms with van der Waals surface area (Å²) < 4.78 is 8.80. The van der Waals surface area contributed by atoms with Crippen LogP contribution >= 0.6 is 15.9 Å². The fraction of sp³-hybridized carbons (Fsp3) is 0.500. The molecule has 2 aliphatic heterocycles. The number of para-hydroxylation sites is 1. The fourth-order valence-corrected chi connectivity index (χ4v) is 6.27. The quantitative estimate of drug-likeness (QED) is 0.362. The Labute approximate surface area is 263 Å². The largest absolute Gasteiger partial charge is 0.465 e. The van der Waals surface area contributed by atoms with Crippen molar-refractivity contribution < 1.29 is 30.8 Å². The summed E-state index contributed by atoms with van der Waals surface area (Å²) in [4.78, 5) is 52.9. The summed E-state index contributed by atoms with van der Waals surface area (Å²) in [6.07, 6.45) is -0.771. The lowest BCUT2D eigenvalue weighted by molar-refractivity contribution is -0.124. The van der Waals surface area contributed by atoms with Gasteiger partial charge in [0.15, 0.2) is 1.41 Å². The molecule has 234 valence electrons. The highest BCUT2D eigenvalue weighted by Gasteiger charge is 2.42. The number of carboxylic acid groups (broad SMARTS) is 2. The zero-order valence-corrected chi connectivity index (χ0v) is 27.7. The van der Waals surface area contributed by atoms with Gasteiger partial charge in [0, 0.05) is 35.5 Å². The monoisotopic (exact) mass is 659 g/mol. The first-order valence-electron chi connectivity index (χ1n) is 14.7. The Morgan fingerprint density at radius 1 is 0.953 bits per heavy atom. The van der Waals surface area contributed by atoms with Crippen molar-refractivity contribution in [3.05, 3.63) is 58.1 Å². The second-order valence-corrected chi connectivity index (χ2v) is 14.0. The minimum atomic E-state index is -1.41. The van der Waals surface area contributed by atoms with Crippen molar-refractivity contribution in [3.8, 4) is 0 Å². The van der Waals surface area contributed by atoms with Gasteiger partial charge in [0.05, 0.1) is 0 Å². The summed E-state index contributed by atoms with van der Waals surface area (Å²) in [6, 6.07) is 11.6. The molecule has 11 heteroatoms. The smallest absolute Gasteiger partial charge is 0.408 e. The minimum Gasteiger partial charge on any atom is -0.465 e. The van der Waals surface area contributed by atoms with Crippen molar-refractivity contribution in [2.24, 2.45) is 11.3 Å². The van der Waals surface area contributed by atoms with Crippen molar-refractivity contribution >= 4 is 51.3 Å². The van der Waals surface area contributed by atoms with Crippen LogP contribution in [0.2, 0.25) is 1.41 Å².